The molecule has 0 bridgehead atoms. The van der Waals surface area contributed by atoms with E-state index in [9.17, 15) is 10.2 Å². The summed E-state index contributed by atoms with van der Waals surface area (Å²) in [6, 6.07) is 6.03. The van der Waals surface area contributed by atoms with Crippen molar-refractivity contribution in [1.29, 1.82) is 0 Å². The third-order valence-corrected chi connectivity index (χ3v) is 4.58. The predicted octanol–water partition coefficient (Wildman–Crippen LogP) is 3.36. The summed E-state index contributed by atoms with van der Waals surface area (Å²) in [4.78, 5) is 0. The highest BCUT2D eigenvalue weighted by molar-refractivity contribution is 9.10. The van der Waals surface area contributed by atoms with Crippen molar-refractivity contribution in [2.45, 2.75) is 44.7 Å². The average Bonchev–Trinajstić information content (AvgIpc) is 2.86. The lowest BCUT2D eigenvalue weighted by Gasteiger charge is -2.26. The molecule has 0 amide bonds. The van der Waals surface area contributed by atoms with Crippen molar-refractivity contribution in [1.82, 2.24) is 5.32 Å². The lowest BCUT2D eigenvalue weighted by Crippen LogP contribution is -2.36. The first-order chi connectivity index (χ1) is 9.15. The van der Waals surface area contributed by atoms with Crippen LogP contribution in [0.3, 0.4) is 0 Å². The molecule has 1 aromatic rings. The molecule has 0 spiro atoms. The Kier molecular flexibility index (Phi) is 5.25. The van der Waals surface area contributed by atoms with Crippen LogP contribution in [-0.2, 0) is 0 Å². The minimum atomic E-state index is 0.134. The van der Waals surface area contributed by atoms with E-state index >= 15 is 0 Å². The van der Waals surface area contributed by atoms with Gasteiger partial charge in [0.2, 0.25) is 0 Å². The molecule has 0 aromatic heterocycles. The molecule has 106 valence electrons. The van der Waals surface area contributed by atoms with Gasteiger partial charge in [0.1, 0.15) is 5.75 Å². The lowest BCUT2D eigenvalue weighted by molar-refractivity contribution is 0.198. The minimum Gasteiger partial charge on any atom is -0.508 e. The van der Waals surface area contributed by atoms with Gasteiger partial charge >= 0.3 is 0 Å². The van der Waals surface area contributed by atoms with Crippen LogP contribution in [0.1, 0.15) is 44.2 Å². The summed E-state index contributed by atoms with van der Waals surface area (Å²) in [7, 11) is 0. The molecule has 3 nitrogen and oxygen atoms in total. The van der Waals surface area contributed by atoms with Gasteiger partial charge in [0.15, 0.2) is 0 Å². The lowest BCUT2D eigenvalue weighted by atomic mass is 9.99. The van der Waals surface area contributed by atoms with Gasteiger partial charge in [0.25, 0.3) is 0 Å². The van der Waals surface area contributed by atoms with E-state index < -0.39 is 0 Å². The molecule has 4 heteroatoms. The van der Waals surface area contributed by atoms with Crippen LogP contribution in [-0.4, -0.2) is 22.9 Å². The smallest absolute Gasteiger partial charge is 0.120 e. The highest BCUT2D eigenvalue weighted by Gasteiger charge is 2.29. The Morgan fingerprint density at radius 2 is 2.21 bits per heavy atom. The third kappa shape index (κ3) is 3.50. The second kappa shape index (κ2) is 6.73. The average molecular weight is 328 g/mol. The number of aromatic hydroxyl groups is 1. The van der Waals surface area contributed by atoms with Gasteiger partial charge in [-0.1, -0.05) is 29.3 Å². The van der Waals surface area contributed by atoms with E-state index in [-0.39, 0.29) is 12.6 Å². The highest BCUT2D eigenvalue weighted by Crippen LogP contribution is 2.33. The fourth-order valence-electron chi connectivity index (χ4n) is 2.97. The molecular formula is C15H22BrNO2. The summed E-state index contributed by atoms with van der Waals surface area (Å²) in [5.74, 6) is 0.685. The van der Waals surface area contributed by atoms with Crippen LogP contribution in [0.4, 0.5) is 0 Å². The Hall–Kier alpha value is -0.580. The van der Waals surface area contributed by atoms with Crippen molar-refractivity contribution in [3.63, 3.8) is 0 Å². The molecule has 1 aromatic carbocycles. The van der Waals surface area contributed by atoms with E-state index in [1.54, 1.807) is 6.07 Å². The number of aliphatic hydroxyl groups is 1. The molecule has 0 aliphatic heterocycles. The molecule has 0 heterocycles. The van der Waals surface area contributed by atoms with Crippen LogP contribution >= 0.6 is 15.9 Å². The van der Waals surface area contributed by atoms with E-state index in [0.29, 0.717) is 17.7 Å². The normalized spacial score (nSPS) is 24.6. The van der Waals surface area contributed by atoms with Gasteiger partial charge in [0, 0.05) is 28.7 Å². The quantitative estimate of drug-likeness (QED) is 0.777. The maximum Gasteiger partial charge on any atom is 0.120 e. The van der Waals surface area contributed by atoms with Crippen molar-refractivity contribution in [3.05, 3.63) is 28.2 Å². The zero-order chi connectivity index (χ0) is 13.8. The molecule has 2 rings (SSSR count). The van der Waals surface area contributed by atoms with Crippen LogP contribution < -0.4 is 5.32 Å². The second-order valence-corrected chi connectivity index (χ2v) is 6.23. The summed E-state index contributed by atoms with van der Waals surface area (Å²) in [6.07, 6.45) is 4.29. The van der Waals surface area contributed by atoms with Gasteiger partial charge in [-0.25, -0.2) is 0 Å². The number of phenolic OH excluding ortho intramolecular Hbond substituents is 1. The number of phenols is 1. The van der Waals surface area contributed by atoms with Gasteiger partial charge in [0.05, 0.1) is 0 Å². The number of aliphatic hydroxyl groups excluding tert-OH is 1. The van der Waals surface area contributed by atoms with Crippen LogP contribution in [0.25, 0.3) is 0 Å². The number of halogens is 1. The van der Waals surface area contributed by atoms with Gasteiger partial charge in [-0.2, -0.15) is 0 Å². The summed E-state index contributed by atoms with van der Waals surface area (Å²) in [5, 5.41) is 23.0. The van der Waals surface area contributed by atoms with E-state index in [2.05, 4.69) is 28.2 Å². The highest BCUT2D eigenvalue weighted by atomic mass is 79.9. The number of rotatable bonds is 5. The first-order valence-electron chi connectivity index (χ1n) is 7.01. The molecule has 1 saturated carbocycles. The summed E-state index contributed by atoms with van der Waals surface area (Å²) in [5.41, 5.74) is 0.931. The van der Waals surface area contributed by atoms with Crippen molar-refractivity contribution in [3.8, 4) is 5.75 Å². The van der Waals surface area contributed by atoms with Crippen molar-refractivity contribution in [2.24, 2.45) is 5.92 Å². The Balaban J connectivity index is 2.13. The van der Waals surface area contributed by atoms with Crippen LogP contribution in [0.5, 0.6) is 5.75 Å². The van der Waals surface area contributed by atoms with E-state index in [0.717, 1.165) is 29.3 Å². The fourth-order valence-corrected chi connectivity index (χ4v) is 3.34. The first-order valence-corrected chi connectivity index (χ1v) is 7.80. The topological polar surface area (TPSA) is 52.5 Å². The molecule has 3 unspecified atom stereocenters. The van der Waals surface area contributed by atoms with Gasteiger partial charge < -0.3 is 15.5 Å². The van der Waals surface area contributed by atoms with Crippen LogP contribution in [0.2, 0.25) is 0 Å². The Morgan fingerprint density at radius 1 is 1.42 bits per heavy atom. The monoisotopic (exact) mass is 327 g/mol. The summed E-state index contributed by atoms with van der Waals surface area (Å²) in [6.45, 7) is 2.36. The van der Waals surface area contributed by atoms with E-state index in [4.69, 9.17) is 0 Å². The Bertz CT molecular complexity index is 425. The Labute approximate surface area is 123 Å². The molecule has 1 aliphatic carbocycles. The van der Waals surface area contributed by atoms with E-state index in [1.807, 2.05) is 12.1 Å². The molecule has 1 fully saturated rings. The predicted molar refractivity (Wildman–Crippen MR) is 80.2 cm³/mol. The minimum absolute atomic E-state index is 0.134. The zero-order valence-corrected chi connectivity index (χ0v) is 12.9. The molecule has 0 radical (unpaired) electrons. The molecule has 1 aliphatic rings. The number of hydrogen-bond donors (Lipinski definition) is 3. The number of benzene rings is 1. The molecule has 3 N–H and O–H groups in total. The SMILES string of the molecule is CCC(NC1CCCC1CO)c1cc(Br)ccc1O. The Morgan fingerprint density at radius 3 is 2.89 bits per heavy atom. The first kappa shape index (κ1) is 14.8. The maximum absolute atomic E-state index is 10.0. The van der Waals surface area contributed by atoms with Gasteiger partial charge in [-0.3, -0.25) is 0 Å². The van der Waals surface area contributed by atoms with Crippen molar-refractivity contribution in [2.75, 3.05) is 6.61 Å². The largest absolute Gasteiger partial charge is 0.508 e. The molecule has 3 atom stereocenters. The maximum atomic E-state index is 10.0. The summed E-state index contributed by atoms with van der Waals surface area (Å²) < 4.78 is 0.977. The van der Waals surface area contributed by atoms with Crippen molar-refractivity contribution < 1.29 is 10.2 Å². The summed E-state index contributed by atoms with van der Waals surface area (Å²) >= 11 is 3.45. The molecule has 19 heavy (non-hydrogen) atoms. The molecular weight excluding hydrogens is 306 g/mol. The van der Waals surface area contributed by atoms with E-state index in [1.165, 1.54) is 6.42 Å². The van der Waals surface area contributed by atoms with Crippen molar-refractivity contribution >= 4 is 15.9 Å². The zero-order valence-electron chi connectivity index (χ0n) is 11.3. The van der Waals surface area contributed by atoms with Gasteiger partial charge in [-0.15, -0.1) is 0 Å². The standard InChI is InChI=1S/C15H22BrNO2/c1-2-13(12-8-11(16)6-7-15(12)19)17-14-5-3-4-10(14)9-18/h6-8,10,13-14,17-19H,2-5,9H2,1H3. The van der Waals surface area contributed by atoms with Gasteiger partial charge in [-0.05, 0) is 43.4 Å². The third-order valence-electron chi connectivity index (χ3n) is 4.08. The number of hydrogen-bond acceptors (Lipinski definition) is 3. The number of nitrogens with one attached hydrogen (secondary N) is 1. The second-order valence-electron chi connectivity index (χ2n) is 5.31. The fraction of sp³-hybridized carbons (Fsp3) is 0.600. The van der Waals surface area contributed by atoms with Crippen LogP contribution in [0, 0.1) is 5.92 Å². The van der Waals surface area contributed by atoms with Crippen LogP contribution in [0.15, 0.2) is 22.7 Å². The molecule has 0 saturated heterocycles.